The maximum absolute atomic E-state index is 3.74. The van der Waals surface area contributed by atoms with Crippen LogP contribution in [0, 0.1) is 0 Å². The number of hydrogen-bond donors (Lipinski definition) is 2. The third-order valence-corrected chi connectivity index (χ3v) is 4.25. The molecular formula is C15H22N2. The molecule has 2 nitrogen and oxygen atoms in total. The molecule has 1 aromatic carbocycles. The summed E-state index contributed by atoms with van der Waals surface area (Å²) in [6, 6.07) is 11.9. The van der Waals surface area contributed by atoms with Crippen LogP contribution in [0.4, 0.5) is 0 Å². The Bertz CT molecular complexity index is 350. The minimum atomic E-state index is 0.370. The summed E-state index contributed by atoms with van der Waals surface area (Å²) in [6.07, 6.45) is 5.28. The van der Waals surface area contributed by atoms with Gasteiger partial charge in [-0.05, 0) is 44.3 Å². The molecule has 17 heavy (non-hydrogen) atoms. The summed E-state index contributed by atoms with van der Waals surface area (Å²) in [5.74, 6) is 0. The third-order valence-electron chi connectivity index (χ3n) is 4.25. The largest absolute Gasteiger partial charge is 0.317 e. The molecule has 1 aromatic rings. The van der Waals surface area contributed by atoms with Crippen molar-refractivity contribution in [3.63, 3.8) is 0 Å². The molecular weight excluding hydrogens is 208 g/mol. The van der Waals surface area contributed by atoms with Gasteiger partial charge in [-0.25, -0.2) is 0 Å². The first-order chi connectivity index (χ1) is 8.39. The average molecular weight is 230 g/mol. The standard InChI is InChI=1S/C15H22N2/c1-2-4-13(5-3-1)15(8-10-16-11-9-15)12-17-14-6-7-14/h1-5,14,16-17H,6-12H2. The van der Waals surface area contributed by atoms with Gasteiger partial charge in [0.15, 0.2) is 0 Å². The van der Waals surface area contributed by atoms with Gasteiger partial charge in [-0.15, -0.1) is 0 Å². The molecule has 1 heterocycles. The topological polar surface area (TPSA) is 24.1 Å². The second-order valence-corrected chi connectivity index (χ2v) is 5.55. The lowest BCUT2D eigenvalue weighted by molar-refractivity contribution is 0.292. The lowest BCUT2D eigenvalue weighted by Gasteiger charge is -2.38. The molecule has 0 unspecified atom stereocenters. The van der Waals surface area contributed by atoms with E-state index in [1.807, 2.05) is 0 Å². The van der Waals surface area contributed by atoms with Gasteiger partial charge in [-0.1, -0.05) is 30.3 Å². The van der Waals surface area contributed by atoms with Gasteiger partial charge < -0.3 is 10.6 Å². The van der Waals surface area contributed by atoms with Crippen LogP contribution >= 0.6 is 0 Å². The fraction of sp³-hybridized carbons (Fsp3) is 0.600. The summed E-state index contributed by atoms with van der Waals surface area (Å²) >= 11 is 0. The Morgan fingerprint density at radius 3 is 2.47 bits per heavy atom. The molecule has 0 amide bonds. The van der Waals surface area contributed by atoms with Crippen LogP contribution in [0.2, 0.25) is 0 Å². The monoisotopic (exact) mass is 230 g/mol. The van der Waals surface area contributed by atoms with Gasteiger partial charge >= 0.3 is 0 Å². The average Bonchev–Trinajstić information content (AvgIpc) is 3.23. The maximum Gasteiger partial charge on any atom is 0.0102 e. The highest BCUT2D eigenvalue weighted by molar-refractivity contribution is 5.27. The fourth-order valence-electron chi connectivity index (χ4n) is 2.89. The molecule has 0 spiro atoms. The molecule has 2 fully saturated rings. The summed E-state index contributed by atoms with van der Waals surface area (Å²) in [5.41, 5.74) is 1.89. The first-order valence-corrected chi connectivity index (χ1v) is 6.89. The third kappa shape index (κ3) is 2.53. The Labute approximate surface area is 104 Å². The highest BCUT2D eigenvalue weighted by Gasteiger charge is 2.35. The van der Waals surface area contributed by atoms with Gasteiger partial charge in [-0.3, -0.25) is 0 Å². The molecule has 1 saturated carbocycles. The molecule has 0 atom stereocenters. The van der Waals surface area contributed by atoms with Crippen molar-refractivity contribution in [2.45, 2.75) is 37.1 Å². The zero-order chi connectivity index (χ0) is 11.6. The molecule has 1 aliphatic carbocycles. The van der Waals surface area contributed by atoms with E-state index in [9.17, 15) is 0 Å². The van der Waals surface area contributed by atoms with Crippen LogP contribution in [-0.4, -0.2) is 25.7 Å². The summed E-state index contributed by atoms with van der Waals surface area (Å²) < 4.78 is 0. The molecule has 0 radical (unpaired) electrons. The summed E-state index contributed by atoms with van der Waals surface area (Å²) in [5, 5.41) is 7.22. The van der Waals surface area contributed by atoms with Crippen LogP contribution in [0.25, 0.3) is 0 Å². The van der Waals surface area contributed by atoms with E-state index in [0.717, 1.165) is 25.7 Å². The van der Waals surface area contributed by atoms with Crippen molar-refractivity contribution in [2.75, 3.05) is 19.6 Å². The molecule has 0 aromatic heterocycles. The molecule has 1 saturated heterocycles. The van der Waals surface area contributed by atoms with Crippen molar-refractivity contribution >= 4 is 0 Å². The van der Waals surface area contributed by atoms with E-state index in [0.29, 0.717) is 5.41 Å². The van der Waals surface area contributed by atoms with Crippen molar-refractivity contribution in [1.82, 2.24) is 10.6 Å². The van der Waals surface area contributed by atoms with Gasteiger partial charge in [-0.2, -0.15) is 0 Å². The van der Waals surface area contributed by atoms with Crippen LogP contribution in [0.15, 0.2) is 30.3 Å². The second kappa shape index (κ2) is 4.79. The second-order valence-electron chi connectivity index (χ2n) is 5.55. The zero-order valence-corrected chi connectivity index (χ0v) is 10.4. The summed E-state index contributed by atoms with van der Waals surface area (Å²) in [6.45, 7) is 3.46. The smallest absolute Gasteiger partial charge is 0.0102 e. The molecule has 3 rings (SSSR count). The van der Waals surface area contributed by atoms with E-state index in [1.54, 1.807) is 0 Å². The molecule has 92 valence electrons. The summed E-state index contributed by atoms with van der Waals surface area (Å²) in [7, 11) is 0. The van der Waals surface area contributed by atoms with E-state index < -0.39 is 0 Å². The summed E-state index contributed by atoms with van der Waals surface area (Å²) in [4.78, 5) is 0. The zero-order valence-electron chi connectivity index (χ0n) is 10.4. The highest BCUT2D eigenvalue weighted by Crippen LogP contribution is 2.33. The lowest BCUT2D eigenvalue weighted by Crippen LogP contribution is -2.46. The highest BCUT2D eigenvalue weighted by atomic mass is 15.0. The van der Waals surface area contributed by atoms with E-state index >= 15 is 0 Å². The Morgan fingerprint density at radius 1 is 1.12 bits per heavy atom. The van der Waals surface area contributed by atoms with E-state index in [4.69, 9.17) is 0 Å². The minimum Gasteiger partial charge on any atom is -0.317 e. The minimum absolute atomic E-state index is 0.370. The normalized spacial score (nSPS) is 23.5. The number of benzene rings is 1. The van der Waals surface area contributed by atoms with Gasteiger partial charge in [0.25, 0.3) is 0 Å². The van der Waals surface area contributed by atoms with Crippen molar-refractivity contribution in [3.8, 4) is 0 Å². The Hall–Kier alpha value is -0.860. The Balaban J connectivity index is 1.78. The van der Waals surface area contributed by atoms with E-state index in [1.165, 1.54) is 31.2 Å². The molecule has 0 bridgehead atoms. The van der Waals surface area contributed by atoms with Crippen LogP contribution < -0.4 is 10.6 Å². The van der Waals surface area contributed by atoms with Crippen molar-refractivity contribution in [2.24, 2.45) is 0 Å². The SMILES string of the molecule is c1ccc(C2(CNC3CC3)CCNCC2)cc1. The maximum atomic E-state index is 3.74. The van der Waals surface area contributed by atoms with Gasteiger partial charge in [0, 0.05) is 18.0 Å². The van der Waals surface area contributed by atoms with Crippen LogP contribution in [-0.2, 0) is 5.41 Å². The van der Waals surface area contributed by atoms with Crippen molar-refractivity contribution < 1.29 is 0 Å². The van der Waals surface area contributed by atoms with Gasteiger partial charge in [0.2, 0.25) is 0 Å². The van der Waals surface area contributed by atoms with Crippen LogP contribution in [0.1, 0.15) is 31.2 Å². The van der Waals surface area contributed by atoms with Crippen molar-refractivity contribution in [3.05, 3.63) is 35.9 Å². The van der Waals surface area contributed by atoms with Gasteiger partial charge in [0.1, 0.15) is 0 Å². The predicted octanol–water partition coefficient (Wildman–Crippen LogP) is 2.06. The number of hydrogen-bond acceptors (Lipinski definition) is 2. The predicted molar refractivity (Wildman–Crippen MR) is 71.2 cm³/mol. The molecule has 2 N–H and O–H groups in total. The number of piperidine rings is 1. The quantitative estimate of drug-likeness (QED) is 0.827. The Kier molecular flexibility index (Phi) is 3.17. The van der Waals surface area contributed by atoms with Crippen LogP contribution in [0.3, 0.4) is 0 Å². The number of nitrogens with one attached hydrogen (secondary N) is 2. The van der Waals surface area contributed by atoms with Crippen molar-refractivity contribution in [1.29, 1.82) is 0 Å². The Morgan fingerprint density at radius 2 is 1.82 bits per heavy atom. The first kappa shape index (κ1) is 11.2. The molecule has 2 aliphatic rings. The fourth-order valence-corrected chi connectivity index (χ4v) is 2.89. The van der Waals surface area contributed by atoms with Crippen LogP contribution in [0.5, 0.6) is 0 Å². The lowest BCUT2D eigenvalue weighted by atomic mass is 9.73. The molecule has 2 heteroatoms. The number of rotatable bonds is 4. The first-order valence-electron chi connectivity index (χ1n) is 6.89. The van der Waals surface area contributed by atoms with E-state index in [-0.39, 0.29) is 0 Å². The van der Waals surface area contributed by atoms with E-state index in [2.05, 4.69) is 41.0 Å². The van der Waals surface area contributed by atoms with Gasteiger partial charge in [0.05, 0.1) is 0 Å². The molecule has 1 aliphatic heterocycles.